The number of nitrogens with zero attached hydrogens (tertiary/aromatic N) is 1. The SMILES string of the molecule is O=[N+]([O-])CC(Sc1ccccc1)c1ccc(O)cc1. The first kappa shape index (κ1) is 13.4. The van der Waals surface area contributed by atoms with Gasteiger partial charge < -0.3 is 5.11 Å². The summed E-state index contributed by atoms with van der Waals surface area (Å²) in [5.41, 5.74) is 0.836. The van der Waals surface area contributed by atoms with E-state index in [1.165, 1.54) is 11.8 Å². The van der Waals surface area contributed by atoms with E-state index in [0.29, 0.717) is 0 Å². The van der Waals surface area contributed by atoms with Crippen molar-refractivity contribution in [2.75, 3.05) is 6.54 Å². The lowest BCUT2D eigenvalue weighted by Crippen LogP contribution is -2.09. The van der Waals surface area contributed by atoms with Gasteiger partial charge in [-0.1, -0.05) is 30.3 Å². The summed E-state index contributed by atoms with van der Waals surface area (Å²) in [4.78, 5) is 11.5. The van der Waals surface area contributed by atoms with Crippen LogP contribution in [0.1, 0.15) is 10.8 Å². The highest BCUT2D eigenvalue weighted by molar-refractivity contribution is 7.99. The third kappa shape index (κ3) is 3.99. The van der Waals surface area contributed by atoms with Crippen LogP contribution in [0.25, 0.3) is 0 Å². The molecule has 5 heteroatoms. The van der Waals surface area contributed by atoms with Gasteiger partial charge in [-0.2, -0.15) is 0 Å². The van der Waals surface area contributed by atoms with Crippen molar-refractivity contribution in [1.29, 1.82) is 0 Å². The van der Waals surface area contributed by atoms with Crippen molar-refractivity contribution < 1.29 is 10.0 Å². The van der Waals surface area contributed by atoms with Gasteiger partial charge in [-0.15, -0.1) is 11.8 Å². The Hall–Kier alpha value is -2.01. The molecule has 4 nitrogen and oxygen atoms in total. The number of phenols is 1. The van der Waals surface area contributed by atoms with Crippen LogP contribution in [0.4, 0.5) is 0 Å². The normalized spacial score (nSPS) is 12.0. The molecule has 0 amide bonds. The molecule has 0 aliphatic carbocycles. The summed E-state index contributed by atoms with van der Waals surface area (Å²) in [5, 5.41) is 19.8. The molecule has 2 aromatic rings. The van der Waals surface area contributed by atoms with E-state index < -0.39 is 0 Å². The zero-order chi connectivity index (χ0) is 13.7. The van der Waals surface area contributed by atoms with Crippen LogP contribution in [0.2, 0.25) is 0 Å². The number of hydrogen-bond donors (Lipinski definition) is 1. The smallest absolute Gasteiger partial charge is 0.220 e. The Morgan fingerprint density at radius 2 is 1.74 bits per heavy atom. The van der Waals surface area contributed by atoms with Crippen LogP contribution in [-0.2, 0) is 0 Å². The third-order valence-electron chi connectivity index (χ3n) is 2.60. The molecule has 1 atom stereocenters. The van der Waals surface area contributed by atoms with Crippen molar-refractivity contribution in [3.05, 3.63) is 70.3 Å². The maximum Gasteiger partial charge on any atom is 0.220 e. The number of hydrogen-bond acceptors (Lipinski definition) is 4. The average Bonchev–Trinajstić information content (AvgIpc) is 2.39. The van der Waals surface area contributed by atoms with Crippen LogP contribution in [0.5, 0.6) is 5.75 Å². The molecule has 98 valence electrons. The number of benzene rings is 2. The largest absolute Gasteiger partial charge is 0.508 e. The van der Waals surface area contributed by atoms with Crippen molar-refractivity contribution in [3.8, 4) is 5.75 Å². The molecule has 0 aliphatic rings. The highest BCUT2D eigenvalue weighted by Crippen LogP contribution is 2.35. The highest BCUT2D eigenvalue weighted by Gasteiger charge is 2.19. The topological polar surface area (TPSA) is 63.4 Å². The fourth-order valence-corrected chi connectivity index (χ4v) is 2.83. The van der Waals surface area contributed by atoms with Gasteiger partial charge >= 0.3 is 0 Å². The Labute approximate surface area is 115 Å². The van der Waals surface area contributed by atoms with Crippen LogP contribution in [0, 0.1) is 10.1 Å². The summed E-state index contributed by atoms with van der Waals surface area (Å²) >= 11 is 1.45. The maximum absolute atomic E-state index is 10.8. The van der Waals surface area contributed by atoms with E-state index in [1.807, 2.05) is 30.3 Å². The fourth-order valence-electron chi connectivity index (χ4n) is 1.70. The lowest BCUT2D eigenvalue weighted by atomic mass is 10.1. The van der Waals surface area contributed by atoms with Gasteiger partial charge in [-0.05, 0) is 29.8 Å². The Morgan fingerprint density at radius 3 is 2.32 bits per heavy atom. The molecule has 19 heavy (non-hydrogen) atoms. The van der Waals surface area contributed by atoms with Crippen molar-refractivity contribution in [1.82, 2.24) is 0 Å². The summed E-state index contributed by atoms with van der Waals surface area (Å²) in [6.07, 6.45) is 0. The molecule has 1 N–H and O–H groups in total. The molecule has 0 spiro atoms. The minimum atomic E-state index is -0.312. The predicted molar refractivity (Wildman–Crippen MR) is 75.0 cm³/mol. The lowest BCUT2D eigenvalue weighted by Gasteiger charge is -2.13. The molecule has 2 aromatic carbocycles. The Balaban J connectivity index is 2.20. The summed E-state index contributed by atoms with van der Waals surface area (Å²) < 4.78 is 0. The number of thioether (sulfide) groups is 1. The molecule has 0 fully saturated rings. The first-order chi connectivity index (χ1) is 9.15. The Morgan fingerprint density at radius 1 is 1.11 bits per heavy atom. The van der Waals surface area contributed by atoms with Gasteiger partial charge in [0.25, 0.3) is 0 Å². The van der Waals surface area contributed by atoms with E-state index >= 15 is 0 Å². The molecule has 0 saturated carbocycles. The average molecular weight is 275 g/mol. The summed E-state index contributed by atoms with van der Waals surface area (Å²) in [7, 11) is 0. The molecule has 0 aromatic heterocycles. The van der Waals surface area contributed by atoms with Crippen molar-refractivity contribution in [2.45, 2.75) is 10.1 Å². The molecule has 0 heterocycles. The van der Waals surface area contributed by atoms with Gasteiger partial charge in [-0.3, -0.25) is 10.1 Å². The van der Waals surface area contributed by atoms with E-state index in [1.54, 1.807) is 24.3 Å². The lowest BCUT2D eigenvalue weighted by molar-refractivity contribution is -0.479. The number of rotatable bonds is 5. The molecular formula is C14H13NO3S. The van der Waals surface area contributed by atoms with Crippen LogP contribution >= 0.6 is 11.8 Å². The molecule has 0 radical (unpaired) electrons. The van der Waals surface area contributed by atoms with E-state index in [0.717, 1.165) is 10.5 Å². The van der Waals surface area contributed by atoms with E-state index in [4.69, 9.17) is 0 Å². The molecule has 2 rings (SSSR count). The fraction of sp³-hybridized carbons (Fsp3) is 0.143. The zero-order valence-corrected chi connectivity index (χ0v) is 10.9. The van der Waals surface area contributed by atoms with E-state index in [9.17, 15) is 15.2 Å². The zero-order valence-electron chi connectivity index (χ0n) is 10.1. The molecule has 1 unspecified atom stereocenters. The summed E-state index contributed by atoms with van der Waals surface area (Å²) in [5.74, 6) is 0.160. The van der Waals surface area contributed by atoms with Gasteiger partial charge in [0.1, 0.15) is 5.75 Å². The van der Waals surface area contributed by atoms with Crippen LogP contribution in [0.3, 0.4) is 0 Å². The molecular weight excluding hydrogens is 262 g/mol. The predicted octanol–water partition coefficient (Wildman–Crippen LogP) is 3.50. The van der Waals surface area contributed by atoms with Crippen LogP contribution < -0.4 is 0 Å². The first-order valence-corrected chi connectivity index (χ1v) is 6.65. The van der Waals surface area contributed by atoms with Gasteiger partial charge in [0.2, 0.25) is 6.54 Å². The van der Waals surface area contributed by atoms with E-state index in [2.05, 4.69) is 0 Å². The van der Waals surface area contributed by atoms with Gasteiger partial charge in [0.05, 0.1) is 5.25 Å². The molecule has 0 saturated heterocycles. The second-order valence-corrected chi connectivity index (χ2v) is 5.30. The summed E-state index contributed by atoms with van der Waals surface area (Å²) in [6.45, 7) is -0.148. The monoisotopic (exact) mass is 275 g/mol. The van der Waals surface area contributed by atoms with Crippen LogP contribution in [-0.4, -0.2) is 16.6 Å². The maximum atomic E-state index is 10.8. The standard InChI is InChI=1S/C14H13NO3S/c16-12-8-6-11(7-9-12)14(10-15(17)18)19-13-4-2-1-3-5-13/h1-9,14,16H,10H2. The van der Waals surface area contributed by atoms with Crippen molar-refractivity contribution in [2.24, 2.45) is 0 Å². The van der Waals surface area contributed by atoms with Crippen LogP contribution in [0.15, 0.2) is 59.5 Å². The number of aromatic hydroxyl groups is 1. The summed E-state index contributed by atoms with van der Waals surface area (Å²) in [6, 6.07) is 16.1. The van der Waals surface area contributed by atoms with Crippen molar-refractivity contribution >= 4 is 11.8 Å². The minimum Gasteiger partial charge on any atom is -0.508 e. The second kappa shape index (κ2) is 6.24. The Bertz CT molecular complexity index is 542. The Kier molecular flexibility index (Phi) is 4.41. The van der Waals surface area contributed by atoms with Gasteiger partial charge in [0.15, 0.2) is 0 Å². The first-order valence-electron chi connectivity index (χ1n) is 5.77. The number of nitro groups is 1. The van der Waals surface area contributed by atoms with Gasteiger partial charge in [-0.25, -0.2) is 0 Å². The third-order valence-corrected chi connectivity index (χ3v) is 3.85. The minimum absolute atomic E-state index is 0.148. The second-order valence-electron chi connectivity index (χ2n) is 4.03. The molecule has 0 aliphatic heterocycles. The van der Waals surface area contributed by atoms with Crippen molar-refractivity contribution in [3.63, 3.8) is 0 Å². The van der Waals surface area contributed by atoms with E-state index in [-0.39, 0.29) is 22.5 Å². The van der Waals surface area contributed by atoms with Gasteiger partial charge in [0, 0.05) is 9.82 Å². The molecule has 0 bridgehead atoms. The number of phenolic OH excluding ortho intramolecular Hbond substituents is 1. The highest BCUT2D eigenvalue weighted by atomic mass is 32.2. The quantitative estimate of drug-likeness (QED) is 0.515.